The first-order valence-corrected chi connectivity index (χ1v) is 8.81. The molecule has 3 rings (SSSR count). The third kappa shape index (κ3) is 3.61. The molecule has 0 saturated carbocycles. The van der Waals surface area contributed by atoms with Gasteiger partial charge in [0.05, 0.1) is 44.9 Å². The van der Waals surface area contributed by atoms with Gasteiger partial charge in [-0.05, 0) is 38.5 Å². The minimum Gasteiger partial charge on any atom is -0.319 e. The molecule has 0 bridgehead atoms. The van der Waals surface area contributed by atoms with E-state index < -0.39 is 0 Å². The van der Waals surface area contributed by atoms with Crippen molar-refractivity contribution >= 4 is 34.8 Å². The number of nitrogens with one attached hydrogen (secondary N) is 1. The van der Waals surface area contributed by atoms with Crippen molar-refractivity contribution in [3.8, 4) is 0 Å². The van der Waals surface area contributed by atoms with E-state index in [1.54, 1.807) is 24.0 Å². The molecule has 0 unspecified atom stereocenters. The Morgan fingerprint density at radius 1 is 1.12 bits per heavy atom. The average Bonchev–Trinajstić information content (AvgIpc) is 3.04. The average molecular weight is 392 g/mol. The highest BCUT2D eigenvalue weighted by Crippen LogP contribution is 2.25. The van der Waals surface area contributed by atoms with Crippen LogP contribution < -0.4 is 5.32 Å². The highest BCUT2D eigenvalue weighted by molar-refractivity contribution is 6.42. The number of nitrogens with zero attached hydrogens (tertiary/aromatic N) is 4. The van der Waals surface area contributed by atoms with Gasteiger partial charge in [-0.2, -0.15) is 10.2 Å². The molecule has 0 aliphatic carbocycles. The van der Waals surface area contributed by atoms with Crippen LogP contribution in [-0.2, 0) is 13.6 Å². The number of anilines is 1. The summed E-state index contributed by atoms with van der Waals surface area (Å²) in [5, 5.41) is 12.7. The zero-order chi connectivity index (χ0) is 19.0. The molecular weight excluding hydrogens is 373 g/mol. The molecule has 1 aromatic carbocycles. The predicted molar refractivity (Wildman–Crippen MR) is 103 cm³/mol. The van der Waals surface area contributed by atoms with Crippen LogP contribution in [0.4, 0.5) is 5.69 Å². The number of benzene rings is 1. The van der Waals surface area contributed by atoms with E-state index in [4.69, 9.17) is 23.2 Å². The van der Waals surface area contributed by atoms with Crippen LogP contribution in [0.1, 0.15) is 33.0 Å². The van der Waals surface area contributed by atoms with E-state index in [-0.39, 0.29) is 5.91 Å². The van der Waals surface area contributed by atoms with Crippen LogP contribution in [0.15, 0.2) is 24.4 Å². The topological polar surface area (TPSA) is 64.7 Å². The Bertz CT molecular complexity index is 990. The number of aromatic nitrogens is 4. The van der Waals surface area contributed by atoms with Crippen molar-refractivity contribution in [3.63, 3.8) is 0 Å². The molecule has 2 aromatic heterocycles. The van der Waals surface area contributed by atoms with Gasteiger partial charge in [-0.25, -0.2) is 0 Å². The van der Waals surface area contributed by atoms with Crippen LogP contribution in [0, 0.1) is 20.8 Å². The van der Waals surface area contributed by atoms with E-state index >= 15 is 0 Å². The summed E-state index contributed by atoms with van der Waals surface area (Å²) in [6, 6.07) is 5.48. The second-order valence-electron chi connectivity index (χ2n) is 6.21. The molecule has 0 spiro atoms. The summed E-state index contributed by atoms with van der Waals surface area (Å²) in [4.78, 5) is 12.6. The molecule has 3 aromatic rings. The lowest BCUT2D eigenvalue weighted by molar-refractivity contribution is 0.102. The normalized spacial score (nSPS) is 11.0. The molecule has 0 radical (unpaired) electrons. The first kappa shape index (κ1) is 18.5. The second-order valence-corrected chi connectivity index (χ2v) is 7.02. The van der Waals surface area contributed by atoms with Gasteiger partial charge in [0.25, 0.3) is 5.91 Å². The fourth-order valence-electron chi connectivity index (χ4n) is 2.85. The summed E-state index contributed by atoms with van der Waals surface area (Å²) in [6.45, 7) is 6.13. The van der Waals surface area contributed by atoms with Crippen molar-refractivity contribution in [1.82, 2.24) is 19.6 Å². The van der Waals surface area contributed by atoms with Crippen LogP contribution in [0.3, 0.4) is 0 Å². The maximum Gasteiger partial charge on any atom is 0.259 e. The van der Waals surface area contributed by atoms with Crippen LogP contribution >= 0.6 is 23.2 Å². The van der Waals surface area contributed by atoms with Gasteiger partial charge >= 0.3 is 0 Å². The number of hydrogen-bond acceptors (Lipinski definition) is 3. The molecular formula is C18H19Cl2N5O. The van der Waals surface area contributed by atoms with Crippen molar-refractivity contribution in [2.24, 2.45) is 7.05 Å². The van der Waals surface area contributed by atoms with Gasteiger partial charge in [0.2, 0.25) is 0 Å². The summed E-state index contributed by atoms with van der Waals surface area (Å²) < 4.78 is 3.46. The molecule has 26 heavy (non-hydrogen) atoms. The van der Waals surface area contributed by atoms with Gasteiger partial charge in [-0.3, -0.25) is 14.2 Å². The Kier molecular flexibility index (Phi) is 5.07. The smallest absolute Gasteiger partial charge is 0.259 e. The third-order valence-electron chi connectivity index (χ3n) is 4.19. The molecule has 6 nitrogen and oxygen atoms in total. The van der Waals surface area contributed by atoms with Gasteiger partial charge < -0.3 is 5.32 Å². The number of halogens is 2. The largest absolute Gasteiger partial charge is 0.319 e. The molecule has 8 heteroatoms. The molecule has 136 valence electrons. The molecule has 0 saturated heterocycles. The van der Waals surface area contributed by atoms with E-state index in [0.29, 0.717) is 33.5 Å². The molecule has 1 amide bonds. The number of hydrogen-bond donors (Lipinski definition) is 1. The SMILES string of the molecule is Cc1nn(C)cc1C(=O)Nc1c(C)nn(Cc2ccc(Cl)c(Cl)c2)c1C. The highest BCUT2D eigenvalue weighted by Gasteiger charge is 2.18. The molecule has 1 N–H and O–H groups in total. The molecule has 2 heterocycles. The Hall–Kier alpha value is -2.31. The Labute approximate surface area is 161 Å². The zero-order valence-electron chi connectivity index (χ0n) is 15.0. The predicted octanol–water partition coefficient (Wildman–Crippen LogP) is 4.15. The van der Waals surface area contributed by atoms with E-state index in [1.807, 2.05) is 37.6 Å². The summed E-state index contributed by atoms with van der Waals surface area (Å²) in [5.74, 6) is -0.198. The van der Waals surface area contributed by atoms with Crippen LogP contribution in [0.2, 0.25) is 10.0 Å². The first-order chi connectivity index (χ1) is 12.3. The van der Waals surface area contributed by atoms with Gasteiger partial charge in [0.1, 0.15) is 0 Å². The maximum atomic E-state index is 12.6. The summed E-state index contributed by atoms with van der Waals surface area (Å²) >= 11 is 12.0. The first-order valence-electron chi connectivity index (χ1n) is 8.05. The Morgan fingerprint density at radius 3 is 2.46 bits per heavy atom. The summed E-state index contributed by atoms with van der Waals surface area (Å²) in [6.07, 6.45) is 1.70. The van der Waals surface area contributed by atoms with Crippen LogP contribution in [0.25, 0.3) is 0 Å². The van der Waals surface area contributed by atoms with Crippen molar-refractivity contribution in [1.29, 1.82) is 0 Å². The number of amides is 1. The third-order valence-corrected chi connectivity index (χ3v) is 4.93. The van der Waals surface area contributed by atoms with E-state index in [1.165, 1.54) is 0 Å². The van der Waals surface area contributed by atoms with Crippen molar-refractivity contribution in [2.45, 2.75) is 27.3 Å². The summed E-state index contributed by atoms with van der Waals surface area (Å²) in [7, 11) is 1.79. The maximum absolute atomic E-state index is 12.6. The van der Waals surface area contributed by atoms with E-state index in [2.05, 4.69) is 15.5 Å². The second kappa shape index (κ2) is 7.13. The minimum absolute atomic E-state index is 0.198. The lowest BCUT2D eigenvalue weighted by atomic mass is 10.2. The summed E-state index contributed by atoms with van der Waals surface area (Å²) in [5.41, 5.74) is 4.53. The van der Waals surface area contributed by atoms with Gasteiger partial charge in [-0.15, -0.1) is 0 Å². The number of carbonyl (C=O) groups excluding carboxylic acids is 1. The van der Waals surface area contributed by atoms with Gasteiger partial charge in [0.15, 0.2) is 0 Å². The number of aryl methyl sites for hydroxylation is 3. The van der Waals surface area contributed by atoms with Crippen molar-refractivity contribution < 1.29 is 4.79 Å². The lowest BCUT2D eigenvalue weighted by Gasteiger charge is -2.08. The number of rotatable bonds is 4. The van der Waals surface area contributed by atoms with Crippen molar-refractivity contribution in [2.75, 3.05) is 5.32 Å². The van der Waals surface area contributed by atoms with Crippen LogP contribution in [0.5, 0.6) is 0 Å². The monoisotopic (exact) mass is 391 g/mol. The molecule has 0 aliphatic heterocycles. The molecule has 0 aliphatic rings. The van der Waals surface area contributed by atoms with E-state index in [9.17, 15) is 4.79 Å². The molecule has 0 fully saturated rings. The minimum atomic E-state index is -0.198. The fraction of sp³-hybridized carbons (Fsp3) is 0.278. The van der Waals surface area contributed by atoms with Crippen molar-refractivity contribution in [3.05, 3.63) is 62.6 Å². The standard InChI is InChI=1S/C18H19Cl2N5O/c1-10-14(9-24(4)22-10)18(26)21-17-11(2)23-25(12(17)3)8-13-5-6-15(19)16(20)7-13/h5-7,9H,8H2,1-4H3,(H,21,26). The quantitative estimate of drug-likeness (QED) is 0.726. The Morgan fingerprint density at radius 2 is 1.85 bits per heavy atom. The zero-order valence-corrected chi connectivity index (χ0v) is 16.5. The van der Waals surface area contributed by atoms with Crippen LogP contribution in [-0.4, -0.2) is 25.5 Å². The highest BCUT2D eigenvalue weighted by atomic mass is 35.5. The van der Waals surface area contributed by atoms with Gasteiger partial charge in [-0.1, -0.05) is 29.3 Å². The molecule has 0 atom stereocenters. The van der Waals surface area contributed by atoms with Gasteiger partial charge in [0, 0.05) is 13.2 Å². The lowest BCUT2D eigenvalue weighted by Crippen LogP contribution is -2.14. The Balaban J connectivity index is 1.84. The number of carbonyl (C=O) groups is 1. The van der Waals surface area contributed by atoms with E-state index in [0.717, 1.165) is 17.0 Å². The fourth-order valence-corrected chi connectivity index (χ4v) is 3.17.